The number of aliphatic hydroxyl groups is 2. The van der Waals surface area contributed by atoms with Gasteiger partial charge in [-0.05, 0) is 111 Å². The van der Waals surface area contributed by atoms with E-state index in [4.69, 9.17) is 0 Å². The summed E-state index contributed by atoms with van der Waals surface area (Å²) < 4.78 is 0. The van der Waals surface area contributed by atoms with Gasteiger partial charge in [-0.25, -0.2) is 0 Å². The predicted octanol–water partition coefficient (Wildman–Crippen LogP) is 6.70. The first-order chi connectivity index (χ1) is 15.2. The summed E-state index contributed by atoms with van der Waals surface area (Å²) in [7, 11) is 0. The molecule has 1 aromatic carbocycles. The first kappa shape index (κ1) is 22.7. The van der Waals surface area contributed by atoms with E-state index in [2.05, 4.69) is 57.2 Å². The van der Waals surface area contributed by atoms with E-state index in [1.165, 1.54) is 50.5 Å². The SMILES string of the molecule is C[C@]12CC[C@H](O)C=C1CC(CCCCc1ccccc1)C1C2CC[C@@]2(C)C1CC[C@]2(C)O. The van der Waals surface area contributed by atoms with E-state index in [-0.39, 0.29) is 16.9 Å². The van der Waals surface area contributed by atoms with E-state index in [0.717, 1.165) is 37.5 Å². The van der Waals surface area contributed by atoms with Gasteiger partial charge in [0, 0.05) is 0 Å². The minimum absolute atomic E-state index is 0.0716. The quantitative estimate of drug-likeness (QED) is 0.398. The molecule has 4 aliphatic rings. The number of aliphatic hydroxyl groups excluding tert-OH is 1. The minimum atomic E-state index is -0.514. The molecule has 4 aliphatic carbocycles. The fraction of sp³-hybridized carbons (Fsp3) is 0.733. The van der Waals surface area contributed by atoms with Crippen molar-refractivity contribution in [3.63, 3.8) is 0 Å². The Labute approximate surface area is 195 Å². The topological polar surface area (TPSA) is 40.5 Å². The second kappa shape index (κ2) is 8.27. The molecule has 1 aromatic rings. The van der Waals surface area contributed by atoms with Crippen LogP contribution in [0.1, 0.15) is 90.5 Å². The van der Waals surface area contributed by atoms with Crippen molar-refractivity contribution in [2.75, 3.05) is 0 Å². The molecular weight excluding hydrogens is 392 g/mol. The Balaban J connectivity index is 1.38. The maximum absolute atomic E-state index is 11.4. The van der Waals surface area contributed by atoms with Gasteiger partial charge in [0.15, 0.2) is 0 Å². The molecule has 32 heavy (non-hydrogen) atoms. The molecule has 0 saturated heterocycles. The van der Waals surface area contributed by atoms with E-state index < -0.39 is 5.60 Å². The van der Waals surface area contributed by atoms with Crippen LogP contribution in [0.4, 0.5) is 0 Å². The van der Waals surface area contributed by atoms with Crippen molar-refractivity contribution < 1.29 is 10.2 Å². The average molecular weight is 437 g/mol. The van der Waals surface area contributed by atoms with Crippen LogP contribution in [0.3, 0.4) is 0 Å². The second-order valence-corrected chi connectivity index (χ2v) is 12.5. The van der Waals surface area contributed by atoms with Crippen molar-refractivity contribution in [1.82, 2.24) is 0 Å². The summed E-state index contributed by atoms with van der Waals surface area (Å²) in [6.45, 7) is 7.05. The largest absolute Gasteiger partial charge is 0.390 e. The monoisotopic (exact) mass is 436 g/mol. The summed E-state index contributed by atoms with van der Waals surface area (Å²) in [4.78, 5) is 0. The van der Waals surface area contributed by atoms with E-state index in [0.29, 0.717) is 11.8 Å². The summed E-state index contributed by atoms with van der Waals surface area (Å²) >= 11 is 0. The highest BCUT2D eigenvalue weighted by Gasteiger charge is 2.64. The van der Waals surface area contributed by atoms with E-state index in [1.54, 1.807) is 5.57 Å². The van der Waals surface area contributed by atoms with E-state index in [9.17, 15) is 10.2 Å². The molecule has 8 atom stereocenters. The lowest BCUT2D eigenvalue weighted by Gasteiger charge is -2.61. The van der Waals surface area contributed by atoms with Gasteiger partial charge in [0.2, 0.25) is 0 Å². The summed E-state index contributed by atoms with van der Waals surface area (Å²) in [5.41, 5.74) is 2.85. The molecule has 0 heterocycles. The van der Waals surface area contributed by atoms with Gasteiger partial charge in [0.25, 0.3) is 0 Å². The summed E-state index contributed by atoms with van der Waals surface area (Å²) in [6.07, 6.45) is 14.8. The van der Waals surface area contributed by atoms with Crippen LogP contribution >= 0.6 is 0 Å². The molecule has 2 nitrogen and oxygen atoms in total. The van der Waals surface area contributed by atoms with Gasteiger partial charge in [0.05, 0.1) is 11.7 Å². The molecule has 0 spiro atoms. The molecule has 5 rings (SSSR count). The Bertz CT molecular complexity index is 842. The Morgan fingerprint density at radius 1 is 0.906 bits per heavy atom. The van der Waals surface area contributed by atoms with Crippen LogP contribution in [0.5, 0.6) is 0 Å². The van der Waals surface area contributed by atoms with Crippen molar-refractivity contribution in [3.05, 3.63) is 47.5 Å². The van der Waals surface area contributed by atoms with Crippen LogP contribution in [-0.2, 0) is 6.42 Å². The molecule has 3 fully saturated rings. The molecule has 0 radical (unpaired) electrons. The number of aryl methyl sites for hydroxylation is 1. The fourth-order valence-corrected chi connectivity index (χ4v) is 8.77. The van der Waals surface area contributed by atoms with Crippen LogP contribution in [0.15, 0.2) is 42.0 Å². The first-order valence-corrected chi connectivity index (χ1v) is 13.4. The van der Waals surface area contributed by atoms with Crippen LogP contribution in [0.25, 0.3) is 0 Å². The molecule has 176 valence electrons. The summed E-state index contributed by atoms with van der Waals surface area (Å²) in [5.74, 6) is 2.82. The maximum atomic E-state index is 11.4. The van der Waals surface area contributed by atoms with Gasteiger partial charge in [0.1, 0.15) is 0 Å². The number of hydrogen-bond acceptors (Lipinski definition) is 2. The third-order valence-corrected chi connectivity index (χ3v) is 11.0. The number of fused-ring (bicyclic) bond motifs is 5. The van der Waals surface area contributed by atoms with E-state index in [1.807, 2.05) is 0 Å². The van der Waals surface area contributed by atoms with E-state index >= 15 is 0 Å². The Hall–Kier alpha value is -1.12. The lowest BCUT2D eigenvalue weighted by atomic mass is 9.44. The van der Waals surface area contributed by atoms with Crippen molar-refractivity contribution >= 4 is 0 Å². The third-order valence-electron chi connectivity index (χ3n) is 11.0. The van der Waals surface area contributed by atoms with Gasteiger partial charge in [-0.2, -0.15) is 0 Å². The van der Waals surface area contributed by atoms with Crippen LogP contribution in [0.2, 0.25) is 0 Å². The highest BCUT2D eigenvalue weighted by molar-refractivity contribution is 5.27. The number of hydrogen-bond donors (Lipinski definition) is 2. The zero-order chi connectivity index (χ0) is 22.6. The van der Waals surface area contributed by atoms with Gasteiger partial charge >= 0.3 is 0 Å². The van der Waals surface area contributed by atoms with Crippen molar-refractivity contribution in [3.8, 4) is 0 Å². The molecular formula is C30H44O2. The molecule has 3 saturated carbocycles. The lowest BCUT2D eigenvalue weighted by Crippen LogP contribution is -2.56. The average Bonchev–Trinajstić information content (AvgIpc) is 3.02. The fourth-order valence-electron chi connectivity index (χ4n) is 8.77. The molecule has 0 aromatic heterocycles. The molecule has 0 amide bonds. The predicted molar refractivity (Wildman–Crippen MR) is 131 cm³/mol. The molecule has 2 N–H and O–H groups in total. The van der Waals surface area contributed by atoms with Gasteiger partial charge < -0.3 is 10.2 Å². The van der Waals surface area contributed by atoms with Crippen molar-refractivity contribution in [2.24, 2.45) is 34.5 Å². The van der Waals surface area contributed by atoms with Crippen molar-refractivity contribution in [1.29, 1.82) is 0 Å². The number of rotatable bonds is 5. The molecule has 4 unspecified atom stereocenters. The van der Waals surface area contributed by atoms with Gasteiger partial charge in [-0.15, -0.1) is 0 Å². The Kier molecular flexibility index (Phi) is 5.86. The Morgan fingerprint density at radius 2 is 1.66 bits per heavy atom. The second-order valence-electron chi connectivity index (χ2n) is 12.5. The molecule has 2 heteroatoms. The van der Waals surface area contributed by atoms with Crippen molar-refractivity contribution in [2.45, 2.75) is 103 Å². The highest BCUT2D eigenvalue weighted by Crippen LogP contribution is 2.69. The minimum Gasteiger partial charge on any atom is -0.390 e. The normalized spacial score (nSPS) is 45.5. The zero-order valence-electron chi connectivity index (χ0n) is 20.5. The first-order valence-electron chi connectivity index (χ1n) is 13.4. The standard InChI is InChI=1S/C30H44O2/c1-28-16-13-24(31)20-23(28)19-22(12-8-7-11-21-9-5-4-6-10-21)27-25(28)14-17-29(2)26(27)15-18-30(29,3)32/h4-6,9-10,20,22,24-27,31-32H,7-8,11-19H2,1-3H3/t22?,24-,25?,26?,27?,28-,29-,30-/m0/s1. The maximum Gasteiger partial charge on any atom is 0.0724 e. The zero-order valence-corrected chi connectivity index (χ0v) is 20.5. The number of unbranched alkanes of at least 4 members (excludes halogenated alkanes) is 1. The number of benzene rings is 1. The highest BCUT2D eigenvalue weighted by atomic mass is 16.3. The van der Waals surface area contributed by atoms with Gasteiger partial charge in [-0.3, -0.25) is 0 Å². The molecule has 0 aliphatic heterocycles. The van der Waals surface area contributed by atoms with Crippen LogP contribution < -0.4 is 0 Å². The van der Waals surface area contributed by atoms with Crippen LogP contribution in [0, 0.1) is 34.5 Å². The Morgan fingerprint density at radius 3 is 2.44 bits per heavy atom. The molecule has 0 bridgehead atoms. The number of allylic oxidation sites excluding steroid dienone is 1. The van der Waals surface area contributed by atoms with Crippen LogP contribution in [-0.4, -0.2) is 21.9 Å². The summed E-state index contributed by atoms with van der Waals surface area (Å²) in [5, 5.41) is 21.8. The smallest absolute Gasteiger partial charge is 0.0724 e. The lowest BCUT2D eigenvalue weighted by molar-refractivity contribution is -0.133. The third kappa shape index (κ3) is 3.61. The summed E-state index contributed by atoms with van der Waals surface area (Å²) in [6, 6.07) is 10.9. The van der Waals surface area contributed by atoms with Gasteiger partial charge in [-0.1, -0.05) is 62.2 Å².